The Hall–Kier alpha value is -2.73. The summed E-state index contributed by atoms with van der Waals surface area (Å²) in [4.78, 5) is 28.3. The molecule has 3 heterocycles. The molecule has 1 atom stereocenters. The van der Waals surface area contributed by atoms with E-state index in [-0.39, 0.29) is 18.5 Å². The third-order valence-corrected chi connectivity index (χ3v) is 6.04. The molecule has 4 rings (SSSR count). The average Bonchev–Trinajstić information content (AvgIpc) is 2.79. The summed E-state index contributed by atoms with van der Waals surface area (Å²) in [6, 6.07) is 12.3. The van der Waals surface area contributed by atoms with Gasteiger partial charge in [0.25, 0.3) is 5.91 Å². The van der Waals surface area contributed by atoms with Gasteiger partial charge in [0.1, 0.15) is 16.2 Å². The van der Waals surface area contributed by atoms with Gasteiger partial charge in [0, 0.05) is 23.3 Å². The molecule has 0 aliphatic carbocycles. The Morgan fingerprint density at radius 2 is 1.94 bits per heavy atom. The molecule has 2 N–H and O–H groups in total. The number of aromatic nitrogens is 5. The SMILES string of the molecule is CC(c1ncccn1)N(Cc1ccc(Br)nn1)C(=O)c1ccc2nc(N)c(I)cc2c1. The molecule has 0 bridgehead atoms. The minimum absolute atomic E-state index is 0.168. The van der Waals surface area contributed by atoms with Crippen molar-refractivity contribution in [3.63, 3.8) is 0 Å². The summed E-state index contributed by atoms with van der Waals surface area (Å²) < 4.78 is 1.47. The van der Waals surface area contributed by atoms with Crippen molar-refractivity contribution in [2.75, 3.05) is 5.73 Å². The van der Waals surface area contributed by atoms with Crippen LogP contribution in [0.5, 0.6) is 0 Å². The number of anilines is 1. The molecule has 3 aromatic heterocycles. The van der Waals surface area contributed by atoms with Crippen molar-refractivity contribution in [2.24, 2.45) is 0 Å². The Balaban J connectivity index is 1.72. The van der Waals surface area contributed by atoms with Crippen molar-refractivity contribution in [1.82, 2.24) is 30.0 Å². The van der Waals surface area contributed by atoms with Gasteiger partial charge in [-0.15, -0.1) is 5.10 Å². The highest BCUT2D eigenvalue weighted by molar-refractivity contribution is 14.1. The predicted molar refractivity (Wildman–Crippen MR) is 129 cm³/mol. The van der Waals surface area contributed by atoms with E-state index in [1.54, 1.807) is 41.6 Å². The number of carbonyl (C=O) groups is 1. The molecule has 4 aromatic rings. The van der Waals surface area contributed by atoms with Crippen molar-refractivity contribution < 1.29 is 4.79 Å². The predicted octanol–water partition coefficient (Wildman–Crippen LogP) is 4.17. The van der Waals surface area contributed by atoms with Crippen molar-refractivity contribution in [2.45, 2.75) is 19.5 Å². The van der Waals surface area contributed by atoms with E-state index in [1.807, 2.05) is 25.1 Å². The first kappa shape index (κ1) is 21.5. The van der Waals surface area contributed by atoms with Gasteiger partial charge in [-0.25, -0.2) is 15.0 Å². The van der Waals surface area contributed by atoms with Crippen LogP contribution in [0.1, 0.15) is 34.8 Å². The lowest BCUT2D eigenvalue weighted by atomic mass is 10.1. The lowest BCUT2D eigenvalue weighted by Gasteiger charge is -2.28. The first-order chi connectivity index (χ1) is 14.9. The van der Waals surface area contributed by atoms with Crippen LogP contribution < -0.4 is 5.73 Å². The van der Waals surface area contributed by atoms with E-state index >= 15 is 0 Å². The number of hydrogen-bond donors (Lipinski definition) is 1. The monoisotopic (exact) mass is 589 g/mol. The van der Waals surface area contributed by atoms with Crippen LogP contribution in [0.3, 0.4) is 0 Å². The number of pyridine rings is 1. The zero-order valence-electron chi connectivity index (χ0n) is 16.4. The van der Waals surface area contributed by atoms with E-state index < -0.39 is 0 Å². The molecule has 0 fully saturated rings. The molecule has 0 spiro atoms. The summed E-state index contributed by atoms with van der Waals surface area (Å²) in [7, 11) is 0. The molecule has 0 aliphatic rings. The highest BCUT2D eigenvalue weighted by atomic mass is 127. The number of halogens is 2. The van der Waals surface area contributed by atoms with E-state index in [4.69, 9.17) is 5.73 Å². The second kappa shape index (κ2) is 9.18. The van der Waals surface area contributed by atoms with Crippen LogP contribution in [-0.4, -0.2) is 36.0 Å². The van der Waals surface area contributed by atoms with Gasteiger partial charge >= 0.3 is 0 Å². The Kier molecular flexibility index (Phi) is 6.37. The number of nitrogens with two attached hydrogens (primary N) is 1. The topological polar surface area (TPSA) is 111 Å². The summed E-state index contributed by atoms with van der Waals surface area (Å²) in [5.74, 6) is 0.849. The first-order valence-corrected chi connectivity index (χ1v) is 11.2. The Bertz CT molecular complexity index is 1240. The minimum Gasteiger partial charge on any atom is -0.383 e. The van der Waals surface area contributed by atoms with Gasteiger partial charge < -0.3 is 10.6 Å². The lowest BCUT2D eigenvalue weighted by Crippen LogP contribution is -2.34. The maximum Gasteiger partial charge on any atom is 0.254 e. The van der Waals surface area contributed by atoms with Crippen molar-refractivity contribution in [3.05, 3.63) is 80.1 Å². The summed E-state index contributed by atoms with van der Waals surface area (Å²) in [5.41, 5.74) is 7.83. The molecule has 10 heteroatoms. The molecular weight excluding hydrogens is 573 g/mol. The maximum absolute atomic E-state index is 13.6. The van der Waals surface area contributed by atoms with Gasteiger partial charge in [-0.05, 0) is 87.9 Å². The van der Waals surface area contributed by atoms with E-state index in [9.17, 15) is 4.79 Å². The molecule has 8 nitrogen and oxygen atoms in total. The van der Waals surface area contributed by atoms with E-state index in [0.717, 1.165) is 14.5 Å². The summed E-state index contributed by atoms with van der Waals surface area (Å²) >= 11 is 5.42. The number of hydrogen-bond acceptors (Lipinski definition) is 7. The average molecular weight is 590 g/mol. The summed E-state index contributed by atoms with van der Waals surface area (Å²) in [5, 5.41) is 9.06. The molecule has 156 valence electrons. The highest BCUT2D eigenvalue weighted by Gasteiger charge is 2.26. The third-order valence-electron chi connectivity index (χ3n) is 4.75. The summed E-state index contributed by atoms with van der Waals surface area (Å²) in [6.45, 7) is 2.15. The molecule has 0 saturated carbocycles. The number of benzene rings is 1. The molecule has 31 heavy (non-hydrogen) atoms. The van der Waals surface area contributed by atoms with Gasteiger partial charge in [0.05, 0.1) is 27.4 Å². The largest absolute Gasteiger partial charge is 0.383 e. The second-order valence-electron chi connectivity index (χ2n) is 6.83. The maximum atomic E-state index is 13.6. The van der Waals surface area contributed by atoms with Crippen LogP contribution in [0, 0.1) is 3.57 Å². The van der Waals surface area contributed by atoms with Crippen LogP contribution in [0.4, 0.5) is 5.82 Å². The van der Waals surface area contributed by atoms with Crippen LogP contribution in [0.2, 0.25) is 0 Å². The zero-order chi connectivity index (χ0) is 22.0. The third kappa shape index (κ3) is 4.79. The van der Waals surface area contributed by atoms with Crippen LogP contribution in [0.15, 0.2) is 59.5 Å². The van der Waals surface area contributed by atoms with Crippen LogP contribution in [0.25, 0.3) is 10.9 Å². The van der Waals surface area contributed by atoms with Gasteiger partial charge in [-0.1, -0.05) is 0 Å². The Labute approximate surface area is 200 Å². The fraction of sp³-hybridized carbons (Fsp3) is 0.143. The van der Waals surface area contributed by atoms with E-state index in [1.165, 1.54) is 0 Å². The Morgan fingerprint density at radius 3 is 2.65 bits per heavy atom. The number of amides is 1. The van der Waals surface area contributed by atoms with E-state index in [0.29, 0.717) is 27.5 Å². The lowest BCUT2D eigenvalue weighted by molar-refractivity contribution is 0.0663. The quantitative estimate of drug-likeness (QED) is 0.348. The highest BCUT2D eigenvalue weighted by Crippen LogP contribution is 2.25. The normalized spacial score (nSPS) is 12.0. The molecular formula is C21H17BrIN7O. The van der Waals surface area contributed by atoms with Crippen LogP contribution >= 0.6 is 38.5 Å². The molecule has 1 amide bonds. The number of carbonyl (C=O) groups excluding carboxylic acids is 1. The van der Waals surface area contributed by atoms with Gasteiger partial charge in [-0.2, -0.15) is 5.10 Å². The van der Waals surface area contributed by atoms with Crippen molar-refractivity contribution in [3.8, 4) is 0 Å². The zero-order valence-corrected chi connectivity index (χ0v) is 20.1. The second-order valence-corrected chi connectivity index (χ2v) is 8.80. The number of fused-ring (bicyclic) bond motifs is 1. The fourth-order valence-corrected chi connectivity index (χ4v) is 3.78. The van der Waals surface area contributed by atoms with Gasteiger partial charge in [0.2, 0.25) is 0 Å². The summed E-state index contributed by atoms with van der Waals surface area (Å²) in [6.07, 6.45) is 3.32. The molecule has 0 radical (unpaired) electrons. The number of rotatable bonds is 5. The number of nitrogens with zero attached hydrogens (tertiary/aromatic N) is 6. The molecule has 1 unspecified atom stereocenters. The minimum atomic E-state index is -0.375. The van der Waals surface area contributed by atoms with Crippen molar-refractivity contribution >= 4 is 61.1 Å². The van der Waals surface area contributed by atoms with Crippen molar-refractivity contribution in [1.29, 1.82) is 0 Å². The van der Waals surface area contributed by atoms with E-state index in [2.05, 4.69) is 63.7 Å². The molecule has 0 aliphatic heterocycles. The smallest absolute Gasteiger partial charge is 0.254 e. The van der Waals surface area contributed by atoms with Gasteiger partial charge in [0.15, 0.2) is 0 Å². The molecule has 0 saturated heterocycles. The van der Waals surface area contributed by atoms with Crippen LogP contribution in [-0.2, 0) is 6.54 Å². The van der Waals surface area contributed by atoms with Gasteiger partial charge in [-0.3, -0.25) is 4.79 Å². The Morgan fingerprint density at radius 1 is 1.16 bits per heavy atom. The fourth-order valence-electron chi connectivity index (χ4n) is 3.12. The number of nitrogen functional groups attached to an aromatic ring is 1. The first-order valence-electron chi connectivity index (χ1n) is 9.34. The standard InChI is InChI=1S/C21H17BrIN7O/c1-12(20-25-7-2-8-26-20)30(11-15-4-6-18(22)29-28-15)21(31)13-3-5-17-14(9-13)10-16(23)19(24)27-17/h2-10,12H,11H2,1H3,(H2,24,27). The molecule has 1 aromatic carbocycles.